The Hall–Kier alpha value is -2.48. The number of hydrogen-bond acceptors (Lipinski definition) is 6. The molecule has 0 aliphatic carbocycles. The molecule has 0 saturated heterocycles. The number of carbonyl (C=O) groups excluding carboxylic acids is 1. The molecular formula is C14H14N4O3S. The Bertz CT molecular complexity index is 893. The summed E-state index contributed by atoms with van der Waals surface area (Å²) in [6, 6.07) is 5.57. The summed E-state index contributed by atoms with van der Waals surface area (Å²) in [5, 5.41) is 6.55. The molecule has 7 nitrogen and oxygen atoms in total. The van der Waals surface area contributed by atoms with Crippen LogP contribution < -0.4 is 11.1 Å². The van der Waals surface area contributed by atoms with E-state index in [1.165, 1.54) is 4.57 Å². The number of aryl methyl sites for hydroxylation is 2. The minimum absolute atomic E-state index is 0.232. The Morgan fingerprint density at radius 2 is 2.23 bits per heavy atom. The zero-order chi connectivity index (χ0) is 15.7. The molecule has 2 heterocycles. The fourth-order valence-corrected chi connectivity index (χ4v) is 2.76. The summed E-state index contributed by atoms with van der Waals surface area (Å²) in [4.78, 5) is 24.3. The molecule has 0 saturated carbocycles. The third-order valence-corrected chi connectivity index (χ3v) is 4.13. The Kier molecular flexibility index (Phi) is 3.76. The van der Waals surface area contributed by atoms with Crippen LogP contribution in [0.2, 0.25) is 0 Å². The molecular weight excluding hydrogens is 304 g/mol. The summed E-state index contributed by atoms with van der Waals surface area (Å²) >= 11 is 1.05. The van der Waals surface area contributed by atoms with Gasteiger partial charge in [-0.25, -0.2) is 4.79 Å². The molecule has 0 aliphatic heterocycles. The normalized spacial score (nSPS) is 11.0. The highest BCUT2D eigenvalue weighted by Gasteiger charge is 2.13. The van der Waals surface area contributed by atoms with Crippen molar-refractivity contribution in [1.29, 1.82) is 0 Å². The molecule has 1 amide bonds. The Labute approximate surface area is 129 Å². The molecule has 0 aliphatic rings. The maximum atomic E-state index is 12.0. The van der Waals surface area contributed by atoms with E-state index in [0.29, 0.717) is 29.2 Å². The van der Waals surface area contributed by atoms with Gasteiger partial charge in [0.25, 0.3) is 5.91 Å². The molecule has 8 heteroatoms. The predicted octanol–water partition coefficient (Wildman–Crippen LogP) is 1.49. The van der Waals surface area contributed by atoms with Crippen molar-refractivity contribution in [3.63, 3.8) is 0 Å². The number of nitrogens with zero attached hydrogens (tertiary/aromatic N) is 3. The van der Waals surface area contributed by atoms with E-state index in [4.69, 9.17) is 4.42 Å². The number of rotatable bonds is 4. The lowest BCUT2D eigenvalue weighted by Crippen LogP contribution is -2.29. The van der Waals surface area contributed by atoms with E-state index in [9.17, 15) is 9.59 Å². The van der Waals surface area contributed by atoms with Crippen molar-refractivity contribution in [1.82, 2.24) is 19.5 Å². The Balaban J connectivity index is 1.72. The van der Waals surface area contributed by atoms with Crippen LogP contribution in [0, 0.1) is 13.8 Å². The van der Waals surface area contributed by atoms with Gasteiger partial charge in [-0.1, -0.05) is 10.6 Å². The predicted molar refractivity (Wildman–Crippen MR) is 82.2 cm³/mol. The van der Waals surface area contributed by atoms with Gasteiger partial charge in [0.05, 0.1) is 11.2 Å². The first kappa shape index (κ1) is 14.5. The Morgan fingerprint density at radius 3 is 2.95 bits per heavy atom. The first-order valence-corrected chi connectivity index (χ1v) is 7.51. The standard InChI is InChI=1S/C14H14N4O3S/c1-8-3-4-10-11(7-8)21-14(20)18(10)6-5-15-13(19)12-9(2)16-17-22-12/h3-4,7H,5-6H2,1-2H3,(H,15,19). The van der Waals surface area contributed by atoms with Crippen LogP contribution in [0.1, 0.15) is 20.9 Å². The second-order valence-electron chi connectivity index (χ2n) is 4.93. The second-order valence-corrected chi connectivity index (χ2v) is 5.69. The molecule has 0 fully saturated rings. The van der Waals surface area contributed by atoms with Crippen molar-refractivity contribution in [3.8, 4) is 0 Å². The first-order valence-electron chi connectivity index (χ1n) is 6.73. The molecule has 0 bridgehead atoms. The molecule has 0 atom stereocenters. The number of oxazole rings is 1. The zero-order valence-corrected chi connectivity index (χ0v) is 12.9. The fourth-order valence-electron chi connectivity index (χ4n) is 2.19. The number of benzene rings is 1. The maximum Gasteiger partial charge on any atom is 0.420 e. The largest absolute Gasteiger partial charge is 0.420 e. The van der Waals surface area contributed by atoms with Gasteiger partial charge in [-0.3, -0.25) is 9.36 Å². The molecule has 3 aromatic rings. The van der Waals surface area contributed by atoms with E-state index in [-0.39, 0.29) is 5.91 Å². The summed E-state index contributed by atoms with van der Waals surface area (Å²) in [6.07, 6.45) is 0. The van der Waals surface area contributed by atoms with Crippen molar-refractivity contribution in [2.24, 2.45) is 0 Å². The van der Waals surface area contributed by atoms with Crippen LogP contribution in [0.4, 0.5) is 0 Å². The monoisotopic (exact) mass is 318 g/mol. The van der Waals surface area contributed by atoms with Gasteiger partial charge < -0.3 is 9.73 Å². The third kappa shape index (κ3) is 2.64. The fraction of sp³-hybridized carbons (Fsp3) is 0.286. The summed E-state index contributed by atoms with van der Waals surface area (Å²) in [6.45, 7) is 4.32. The first-order chi connectivity index (χ1) is 10.6. The summed E-state index contributed by atoms with van der Waals surface area (Å²) < 4.78 is 10.4. The lowest BCUT2D eigenvalue weighted by molar-refractivity contribution is 0.0955. The van der Waals surface area contributed by atoms with Crippen LogP contribution >= 0.6 is 11.5 Å². The topological polar surface area (TPSA) is 90.0 Å². The number of fused-ring (bicyclic) bond motifs is 1. The van der Waals surface area contributed by atoms with Gasteiger partial charge in [0.15, 0.2) is 5.58 Å². The van der Waals surface area contributed by atoms with Crippen molar-refractivity contribution < 1.29 is 9.21 Å². The van der Waals surface area contributed by atoms with Crippen LogP contribution in [-0.2, 0) is 6.54 Å². The molecule has 114 valence electrons. The molecule has 0 spiro atoms. The van der Waals surface area contributed by atoms with Gasteiger partial charge in [0.1, 0.15) is 4.88 Å². The molecule has 2 aromatic heterocycles. The van der Waals surface area contributed by atoms with Gasteiger partial charge in [0.2, 0.25) is 0 Å². The smallest absolute Gasteiger partial charge is 0.408 e. The van der Waals surface area contributed by atoms with Gasteiger partial charge >= 0.3 is 5.76 Å². The van der Waals surface area contributed by atoms with E-state index >= 15 is 0 Å². The van der Waals surface area contributed by atoms with E-state index in [0.717, 1.165) is 22.6 Å². The number of amides is 1. The molecule has 0 radical (unpaired) electrons. The van der Waals surface area contributed by atoms with Crippen molar-refractivity contribution in [2.75, 3.05) is 6.54 Å². The van der Waals surface area contributed by atoms with Crippen LogP contribution in [0.25, 0.3) is 11.1 Å². The number of carbonyl (C=O) groups is 1. The third-order valence-electron chi connectivity index (χ3n) is 3.30. The molecule has 1 aromatic carbocycles. The Morgan fingerprint density at radius 1 is 1.41 bits per heavy atom. The highest BCUT2D eigenvalue weighted by Crippen LogP contribution is 2.14. The minimum Gasteiger partial charge on any atom is -0.408 e. The van der Waals surface area contributed by atoms with E-state index in [1.807, 2.05) is 25.1 Å². The number of nitrogens with one attached hydrogen (secondary N) is 1. The molecule has 22 heavy (non-hydrogen) atoms. The van der Waals surface area contributed by atoms with E-state index in [2.05, 4.69) is 14.9 Å². The SMILES string of the molecule is Cc1ccc2c(c1)oc(=O)n2CCNC(=O)c1snnc1C. The van der Waals surface area contributed by atoms with Crippen LogP contribution in [0.3, 0.4) is 0 Å². The summed E-state index contributed by atoms with van der Waals surface area (Å²) in [5.74, 6) is -0.658. The van der Waals surface area contributed by atoms with Gasteiger partial charge in [-0.15, -0.1) is 5.10 Å². The molecule has 1 N–H and O–H groups in total. The average Bonchev–Trinajstić information content (AvgIpc) is 3.02. The van der Waals surface area contributed by atoms with E-state index in [1.54, 1.807) is 6.92 Å². The maximum absolute atomic E-state index is 12.0. The number of aromatic nitrogens is 3. The van der Waals surface area contributed by atoms with Gasteiger partial charge in [-0.05, 0) is 43.1 Å². The lowest BCUT2D eigenvalue weighted by Gasteiger charge is -2.04. The lowest BCUT2D eigenvalue weighted by atomic mass is 10.2. The van der Waals surface area contributed by atoms with Crippen molar-refractivity contribution in [2.45, 2.75) is 20.4 Å². The summed E-state index contributed by atoms with van der Waals surface area (Å²) in [5.41, 5.74) is 2.90. The summed E-state index contributed by atoms with van der Waals surface area (Å²) in [7, 11) is 0. The van der Waals surface area contributed by atoms with Gasteiger partial charge in [0, 0.05) is 13.1 Å². The van der Waals surface area contributed by atoms with Crippen LogP contribution in [-0.4, -0.2) is 26.6 Å². The molecule has 0 unspecified atom stereocenters. The molecule has 3 rings (SSSR count). The minimum atomic E-state index is -0.425. The zero-order valence-electron chi connectivity index (χ0n) is 12.1. The second kappa shape index (κ2) is 5.72. The van der Waals surface area contributed by atoms with Crippen molar-refractivity contribution in [3.05, 3.63) is 44.9 Å². The number of hydrogen-bond donors (Lipinski definition) is 1. The van der Waals surface area contributed by atoms with Crippen LogP contribution in [0.15, 0.2) is 27.4 Å². The highest BCUT2D eigenvalue weighted by molar-refractivity contribution is 7.07. The quantitative estimate of drug-likeness (QED) is 0.787. The highest BCUT2D eigenvalue weighted by atomic mass is 32.1. The average molecular weight is 318 g/mol. The van der Waals surface area contributed by atoms with Crippen molar-refractivity contribution >= 4 is 28.5 Å². The van der Waals surface area contributed by atoms with Gasteiger partial charge in [-0.2, -0.15) is 0 Å². The van der Waals surface area contributed by atoms with E-state index < -0.39 is 5.76 Å². The van der Waals surface area contributed by atoms with Crippen LogP contribution in [0.5, 0.6) is 0 Å².